The normalized spacial score (nSPS) is 14.3. The number of nitrogens with zero attached hydrogens (tertiary/aromatic N) is 1. The maximum Gasteiger partial charge on any atom is 0.472 e. The fraction of sp³-hybridized carbons (Fsp3) is 0.811. The van der Waals surface area contributed by atoms with Crippen LogP contribution in [0.25, 0.3) is 0 Å². The summed E-state index contributed by atoms with van der Waals surface area (Å²) in [5.74, 6) is -0.604. The predicted molar refractivity (Wildman–Crippen MR) is 268 cm³/mol. The molecule has 10 heteroatoms. The van der Waals surface area contributed by atoms with Crippen LogP contribution < -0.4 is 5.32 Å². The summed E-state index contributed by atoms with van der Waals surface area (Å²) in [6.07, 6.45) is 51.2. The van der Waals surface area contributed by atoms with Crippen LogP contribution in [0.2, 0.25) is 0 Å². The van der Waals surface area contributed by atoms with Crippen LogP contribution in [0.5, 0.6) is 0 Å². The first-order chi connectivity index (χ1) is 30.4. The number of likely N-dealkylation sites (N-methyl/N-ethyl adjacent to an activating group) is 1. The minimum atomic E-state index is -4.45. The molecule has 0 aliphatic carbocycles. The molecule has 9 nitrogen and oxygen atoms in total. The third-order valence-electron chi connectivity index (χ3n) is 11.3. The second-order valence-corrected chi connectivity index (χ2v) is 20.1. The van der Waals surface area contributed by atoms with Gasteiger partial charge in [-0.2, -0.15) is 0 Å². The van der Waals surface area contributed by atoms with Crippen LogP contribution in [-0.2, 0) is 27.9 Å². The van der Waals surface area contributed by atoms with Crippen molar-refractivity contribution in [2.75, 3.05) is 40.9 Å². The van der Waals surface area contributed by atoms with Crippen molar-refractivity contribution in [1.29, 1.82) is 0 Å². The number of carbonyl (C=O) groups is 2. The van der Waals surface area contributed by atoms with Gasteiger partial charge in [-0.3, -0.25) is 18.6 Å². The van der Waals surface area contributed by atoms with E-state index in [1.165, 1.54) is 122 Å². The van der Waals surface area contributed by atoms with Gasteiger partial charge in [0.25, 0.3) is 0 Å². The molecule has 3 atom stereocenters. The highest BCUT2D eigenvalue weighted by Crippen LogP contribution is 2.43. The minimum Gasteiger partial charge on any atom is -0.456 e. The van der Waals surface area contributed by atoms with E-state index >= 15 is 0 Å². The van der Waals surface area contributed by atoms with Gasteiger partial charge in [-0.1, -0.05) is 185 Å². The topological polar surface area (TPSA) is 111 Å². The first kappa shape index (κ1) is 61.0. The first-order valence-corrected chi connectivity index (χ1v) is 27.5. The standard InChI is InChI=1S/C53H99N2O7P/c1-7-10-13-16-19-22-25-27-30-33-36-39-42-45-52(56)54-50(49-61-63(58,59)60-48-47-55(4,5)6)51(44-41-38-35-32-29-24-21-18-15-12-9-3)62-53(57)46-43-40-37-34-31-28-26-23-20-17-14-11-8-2/h27-28,30-31,37,40-41,44,50-51H,7-26,29,32-36,38-39,42-43,45-49H2,1-6H3,(H-,54,56,58,59)/p+1/b30-27-,31-28-,40-37+,44-41+. The van der Waals surface area contributed by atoms with Gasteiger partial charge in [0, 0.05) is 12.8 Å². The lowest BCUT2D eigenvalue weighted by molar-refractivity contribution is -0.870. The number of ether oxygens (including phenoxy) is 1. The summed E-state index contributed by atoms with van der Waals surface area (Å²) < 4.78 is 30.4. The van der Waals surface area contributed by atoms with Gasteiger partial charge in [-0.15, -0.1) is 0 Å². The zero-order chi connectivity index (χ0) is 46.5. The Bertz CT molecular complexity index is 1230. The second kappa shape index (κ2) is 43.8. The monoisotopic (exact) mass is 908 g/mol. The summed E-state index contributed by atoms with van der Waals surface area (Å²) in [5, 5.41) is 3.01. The molecule has 3 unspecified atom stereocenters. The fourth-order valence-electron chi connectivity index (χ4n) is 7.16. The van der Waals surface area contributed by atoms with Gasteiger partial charge in [-0.05, 0) is 76.7 Å². The quantitative estimate of drug-likeness (QED) is 0.0206. The Morgan fingerprint density at radius 2 is 0.984 bits per heavy atom. The number of unbranched alkanes of at least 4 members (excludes halogenated alkanes) is 24. The third-order valence-corrected chi connectivity index (χ3v) is 12.2. The van der Waals surface area contributed by atoms with E-state index < -0.39 is 25.9 Å². The Balaban J connectivity index is 5.53. The number of hydrogen-bond donors (Lipinski definition) is 2. The van der Waals surface area contributed by atoms with Gasteiger partial charge < -0.3 is 19.4 Å². The van der Waals surface area contributed by atoms with Crippen molar-refractivity contribution >= 4 is 19.7 Å². The van der Waals surface area contributed by atoms with E-state index in [0.717, 1.165) is 64.2 Å². The van der Waals surface area contributed by atoms with E-state index in [1.54, 1.807) is 0 Å². The molecule has 1 amide bonds. The number of allylic oxidation sites excluding steroid dienone is 7. The molecule has 0 fully saturated rings. The number of carbonyl (C=O) groups excluding carboxylic acids is 2. The summed E-state index contributed by atoms with van der Waals surface area (Å²) in [5.41, 5.74) is 0. The third kappa shape index (κ3) is 44.9. The smallest absolute Gasteiger partial charge is 0.456 e. The Kier molecular flexibility index (Phi) is 42.4. The van der Waals surface area contributed by atoms with E-state index in [2.05, 4.69) is 56.5 Å². The SMILES string of the molecule is CCCCCCCC/C=C\C/C=C/CCC(=O)OC(/C=C/CCCCCCCCCCC)C(COP(=O)(O)OCC[N+](C)(C)C)NC(=O)CCCCC/C=C\CCCCCCCC. The molecule has 0 aromatic carbocycles. The fourth-order valence-corrected chi connectivity index (χ4v) is 7.90. The number of quaternary nitrogens is 1. The van der Waals surface area contributed by atoms with Crippen molar-refractivity contribution in [3.8, 4) is 0 Å². The van der Waals surface area contributed by atoms with Crippen molar-refractivity contribution in [2.24, 2.45) is 0 Å². The van der Waals surface area contributed by atoms with Gasteiger partial charge in [0.05, 0.1) is 33.8 Å². The molecule has 0 rings (SSSR count). The van der Waals surface area contributed by atoms with E-state index in [0.29, 0.717) is 23.9 Å². The molecule has 0 spiro atoms. The highest BCUT2D eigenvalue weighted by molar-refractivity contribution is 7.47. The second-order valence-electron chi connectivity index (χ2n) is 18.7. The molecule has 0 aliphatic rings. The number of esters is 1. The lowest BCUT2D eigenvalue weighted by Gasteiger charge is -2.27. The molecule has 2 N–H and O–H groups in total. The zero-order valence-electron chi connectivity index (χ0n) is 41.8. The van der Waals surface area contributed by atoms with Crippen LogP contribution in [0.15, 0.2) is 48.6 Å². The molecule has 63 heavy (non-hydrogen) atoms. The number of phosphoric acid groups is 1. The lowest BCUT2D eigenvalue weighted by Crippen LogP contribution is -2.47. The van der Waals surface area contributed by atoms with E-state index in [-0.39, 0.29) is 25.5 Å². The molecule has 0 aromatic heterocycles. The van der Waals surface area contributed by atoms with Crippen LogP contribution >= 0.6 is 7.82 Å². The van der Waals surface area contributed by atoms with Crippen molar-refractivity contribution < 1.29 is 37.3 Å². The van der Waals surface area contributed by atoms with E-state index in [1.807, 2.05) is 39.4 Å². The van der Waals surface area contributed by atoms with E-state index in [9.17, 15) is 19.0 Å². The number of amides is 1. The molecule has 0 saturated heterocycles. The predicted octanol–water partition coefficient (Wildman–Crippen LogP) is 15.0. The Hall–Kier alpha value is -2.03. The summed E-state index contributed by atoms with van der Waals surface area (Å²) in [6.45, 7) is 6.92. The highest BCUT2D eigenvalue weighted by atomic mass is 31.2. The number of nitrogens with one attached hydrogen (secondary N) is 1. The Morgan fingerprint density at radius 1 is 0.556 bits per heavy atom. The zero-order valence-corrected chi connectivity index (χ0v) is 42.7. The van der Waals surface area contributed by atoms with Crippen LogP contribution in [0.1, 0.15) is 226 Å². The van der Waals surface area contributed by atoms with Crippen molar-refractivity contribution in [1.82, 2.24) is 5.32 Å². The summed E-state index contributed by atoms with van der Waals surface area (Å²) >= 11 is 0. The Labute approximate surface area is 388 Å². The van der Waals surface area contributed by atoms with Crippen molar-refractivity contribution in [3.63, 3.8) is 0 Å². The largest absolute Gasteiger partial charge is 0.472 e. The minimum absolute atomic E-state index is 0.0298. The van der Waals surface area contributed by atoms with Gasteiger partial charge >= 0.3 is 13.8 Å². The molecule has 0 saturated carbocycles. The van der Waals surface area contributed by atoms with Gasteiger partial charge in [0.1, 0.15) is 19.3 Å². The van der Waals surface area contributed by atoms with Crippen LogP contribution in [0.4, 0.5) is 0 Å². The maximum absolute atomic E-state index is 13.4. The van der Waals surface area contributed by atoms with Crippen LogP contribution in [0.3, 0.4) is 0 Å². The first-order valence-electron chi connectivity index (χ1n) is 26.0. The number of hydrogen-bond acceptors (Lipinski definition) is 6. The molecule has 368 valence electrons. The average Bonchev–Trinajstić information content (AvgIpc) is 3.23. The summed E-state index contributed by atoms with van der Waals surface area (Å²) in [6, 6.07) is -0.875. The van der Waals surface area contributed by atoms with Gasteiger partial charge in [0.2, 0.25) is 5.91 Å². The molecule has 0 radical (unpaired) electrons. The maximum atomic E-state index is 13.4. The molecule has 0 heterocycles. The average molecular weight is 908 g/mol. The molecular weight excluding hydrogens is 808 g/mol. The summed E-state index contributed by atoms with van der Waals surface area (Å²) in [4.78, 5) is 37.3. The van der Waals surface area contributed by atoms with Crippen molar-refractivity contribution in [2.45, 2.75) is 238 Å². The van der Waals surface area contributed by atoms with E-state index in [4.69, 9.17) is 13.8 Å². The molecule has 0 aromatic rings. The van der Waals surface area contributed by atoms with Crippen molar-refractivity contribution in [3.05, 3.63) is 48.6 Å². The van der Waals surface area contributed by atoms with Crippen LogP contribution in [-0.4, -0.2) is 74.3 Å². The number of rotatable bonds is 46. The highest BCUT2D eigenvalue weighted by Gasteiger charge is 2.30. The Morgan fingerprint density at radius 3 is 1.48 bits per heavy atom. The number of phosphoric ester groups is 1. The molecule has 0 bridgehead atoms. The van der Waals surface area contributed by atoms with Crippen LogP contribution in [0, 0.1) is 0 Å². The van der Waals surface area contributed by atoms with Gasteiger partial charge in [0.15, 0.2) is 0 Å². The lowest BCUT2D eigenvalue weighted by atomic mass is 10.1. The molecule has 0 aliphatic heterocycles. The van der Waals surface area contributed by atoms with Gasteiger partial charge in [-0.25, -0.2) is 4.57 Å². The molecular formula is C53H100N2O7P+. The summed E-state index contributed by atoms with van der Waals surface area (Å²) in [7, 11) is 1.46.